The molecule has 0 atom stereocenters. The molecule has 142 valence electrons. The summed E-state index contributed by atoms with van der Waals surface area (Å²) in [4.78, 5) is 9.12. The van der Waals surface area contributed by atoms with Gasteiger partial charge < -0.3 is 9.84 Å². The third-order valence-electron chi connectivity index (χ3n) is 4.64. The minimum atomic E-state index is -0.938. The molecule has 2 heterocycles. The zero-order valence-electron chi connectivity index (χ0n) is 15.8. The van der Waals surface area contributed by atoms with Crippen molar-refractivity contribution in [2.24, 2.45) is 0 Å². The van der Waals surface area contributed by atoms with E-state index in [0.717, 1.165) is 16.6 Å². The highest BCUT2D eigenvalue weighted by molar-refractivity contribution is 5.78. The van der Waals surface area contributed by atoms with Crippen molar-refractivity contribution >= 4 is 11.0 Å². The minimum Gasteiger partial charge on any atom is -0.497 e. The lowest BCUT2D eigenvalue weighted by atomic mass is 9.98. The monoisotopic (exact) mass is 377 g/mol. The number of halogens is 1. The number of imidazole rings is 1. The first-order valence-electron chi connectivity index (χ1n) is 8.87. The molecule has 4 rings (SSSR count). The maximum absolute atomic E-state index is 13.9. The molecule has 5 nitrogen and oxygen atoms in total. The number of aromatic nitrogens is 3. The third-order valence-corrected chi connectivity index (χ3v) is 4.64. The second-order valence-electron chi connectivity index (χ2n) is 7.14. The molecule has 0 aliphatic heterocycles. The molecule has 0 unspecified atom stereocenters. The number of rotatable bonds is 4. The predicted octanol–water partition coefficient (Wildman–Crippen LogP) is 4.46. The number of hydrogen-bond donors (Lipinski definition) is 1. The molecule has 1 N–H and O–H groups in total. The molecule has 6 heteroatoms. The molecule has 0 aliphatic rings. The van der Waals surface area contributed by atoms with E-state index in [0.29, 0.717) is 22.8 Å². The van der Waals surface area contributed by atoms with Crippen LogP contribution in [0.15, 0.2) is 60.9 Å². The second-order valence-corrected chi connectivity index (χ2v) is 7.14. The van der Waals surface area contributed by atoms with Gasteiger partial charge in [-0.1, -0.05) is 12.1 Å². The zero-order chi connectivity index (χ0) is 19.9. The quantitative estimate of drug-likeness (QED) is 0.570. The minimum absolute atomic E-state index is 0.381. The highest BCUT2D eigenvalue weighted by Crippen LogP contribution is 2.27. The normalized spacial score (nSPS) is 11.8. The molecule has 4 aromatic rings. The molecular weight excluding hydrogens is 357 g/mol. The van der Waals surface area contributed by atoms with Gasteiger partial charge in [-0.2, -0.15) is 0 Å². The molecule has 0 saturated heterocycles. The summed E-state index contributed by atoms with van der Waals surface area (Å²) in [5.41, 5.74) is 2.75. The van der Waals surface area contributed by atoms with Crippen molar-refractivity contribution in [3.63, 3.8) is 0 Å². The molecule has 0 amide bonds. The number of methoxy groups -OCH3 is 1. The number of aliphatic hydroxyl groups is 1. The highest BCUT2D eigenvalue weighted by Gasteiger charge is 2.17. The van der Waals surface area contributed by atoms with Gasteiger partial charge in [-0.15, -0.1) is 0 Å². The Morgan fingerprint density at radius 1 is 1.07 bits per heavy atom. The van der Waals surface area contributed by atoms with Crippen molar-refractivity contribution in [2.75, 3.05) is 7.11 Å². The molecule has 2 aromatic carbocycles. The fourth-order valence-corrected chi connectivity index (χ4v) is 3.12. The van der Waals surface area contributed by atoms with E-state index in [2.05, 4.69) is 9.97 Å². The Morgan fingerprint density at radius 3 is 2.64 bits per heavy atom. The van der Waals surface area contributed by atoms with Crippen molar-refractivity contribution < 1.29 is 14.2 Å². The van der Waals surface area contributed by atoms with Gasteiger partial charge in [0.1, 0.15) is 23.7 Å². The van der Waals surface area contributed by atoms with E-state index < -0.39 is 5.60 Å². The Kier molecular flexibility index (Phi) is 4.35. The Bertz CT molecular complexity index is 1160. The van der Waals surface area contributed by atoms with Crippen LogP contribution in [-0.4, -0.2) is 26.8 Å². The summed E-state index contributed by atoms with van der Waals surface area (Å²) >= 11 is 0. The van der Waals surface area contributed by atoms with Crippen LogP contribution in [0.1, 0.15) is 19.4 Å². The first-order chi connectivity index (χ1) is 13.3. The smallest absolute Gasteiger partial charge is 0.139 e. The summed E-state index contributed by atoms with van der Waals surface area (Å²) in [5, 5.41) is 10.2. The van der Waals surface area contributed by atoms with E-state index in [1.165, 1.54) is 19.2 Å². The molecule has 0 aliphatic carbocycles. The molecule has 0 radical (unpaired) electrons. The SMILES string of the molecule is COc1cc(F)cc(-c2cccc(-n3cnc4cc(C(C)(C)O)ccc43)n2)c1. The van der Waals surface area contributed by atoms with Crippen LogP contribution in [0.2, 0.25) is 0 Å². The lowest BCUT2D eigenvalue weighted by Gasteiger charge is -2.17. The third kappa shape index (κ3) is 3.34. The van der Waals surface area contributed by atoms with Gasteiger partial charge in [0.05, 0.1) is 29.4 Å². The first kappa shape index (κ1) is 18.1. The van der Waals surface area contributed by atoms with Gasteiger partial charge in [0, 0.05) is 11.6 Å². The summed E-state index contributed by atoms with van der Waals surface area (Å²) in [7, 11) is 1.50. The van der Waals surface area contributed by atoms with Crippen LogP contribution in [0.25, 0.3) is 28.1 Å². The number of nitrogens with zero attached hydrogens (tertiary/aromatic N) is 3. The lowest BCUT2D eigenvalue weighted by molar-refractivity contribution is 0.0787. The molecule has 28 heavy (non-hydrogen) atoms. The van der Waals surface area contributed by atoms with Gasteiger partial charge in [-0.3, -0.25) is 4.57 Å². The summed E-state index contributed by atoms with van der Waals surface area (Å²) < 4.78 is 20.9. The van der Waals surface area contributed by atoms with E-state index in [4.69, 9.17) is 4.74 Å². The van der Waals surface area contributed by atoms with Crippen molar-refractivity contribution in [1.29, 1.82) is 0 Å². The fraction of sp³-hybridized carbons (Fsp3) is 0.182. The van der Waals surface area contributed by atoms with Gasteiger partial charge in [-0.25, -0.2) is 14.4 Å². The van der Waals surface area contributed by atoms with E-state index in [-0.39, 0.29) is 5.82 Å². The number of benzene rings is 2. The Hall–Kier alpha value is -3.25. The number of ether oxygens (including phenoxy) is 1. The molecule has 2 aromatic heterocycles. The zero-order valence-corrected chi connectivity index (χ0v) is 15.8. The number of pyridine rings is 1. The maximum atomic E-state index is 13.9. The Morgan fingerprint density at radius 2 is 1.89 bits per heavy atom. The van der Waals surface area contributed by atoms with Crippen LogP contribution in [0.3, 0.4) is 0 Å². The van der Waals surface area contributed by atoms with Crippen molar-refractivity contribution in [3.05, 3.63) is 72.3 Å². The molecular formula is C22H20FN3O2. The van der Waals surface area contributed by atoms with Gasteiger partial charge in [0.25, 0.3) is 0 Å². The highest BCUT2D eigenvalue weighted by atomic mass is 19.1. The summed E-state index contributed by atoms with van der Waals surface area (Å²) in [6.45, 7) is 3.48. The summed E-state index contributed by atoms with van der Waals surface area (Å²) in [5.74, 6) is 0.724. The predicted molar refractivity (Wildman–Crippen MR) is 106 cm³/mol. The second kappa shape index (κ2) is 6.73. The van der Waals surface area contributed by atoms with Gasteiger partial charge in [0.15, 0.2) is 0 Å². The van der Waals surface area contributed by atoms with Crippen molar-refractivity contribution in [3.8, 4) is 22.8 Å². The van der Waals surface area contributed by atoms with Crippen molar-refractivity contribution in [2.45, 2.75) is 19.4 Å². The van der Waals surface area contributed by atoms with Crippen LogP contribution in [0, 0.1) is 5.82 Å². The van der Waals surface area contributed by atoms with E-state index >= 15 is 0 Å². The lowest BCUT2D eigenvalue weighted by Crippen LogP contribution is -2.15. The van der Waals surface area contributed by atoms with Crippen molar-refractivity contribution in [1.82, 2.24) is 14.5 Å². The summed E-state index contributed by atoms with van der Waals surface area (Å²) in [6.07, 6.45) is 1.69. The Labute approximate surface area is 162 Å². The van der Waals surface area contributed by atoms with E-state index in [1.54, 1.807) is 26.2 Å². The number of fused-ring (bicyclic) bond motifs is 1. The number of hydrogen-bond acceptors (Lipinski definition) is 4. The average molecular weight is 377 g/mol. The topological polar surface area (TPSA) is 60.2 Å². The standard InChI is InChI=1S/C22H20FN3O2/c1-22(2,27)15-7-8-20-19(11-15)24-13-26(20)21-6-4-5-18(25-21)14-9-16(23)12-17(10-14)28-3/h4-13,27H,1-3H3. The van der Waals surface area contributed by atoms with Crippen LogP contribution >= 0.6 is 0 Å². The van der Waals surface area contributed by atoms with Crippen LogP contribution in [0.5, 0.6) is 5.75 Å². The maximum Gasteiger partial charge on any atom is 0.139 e. The largest absolute Gasteiger partial charge is 0.497 e. The van der Waals surface area contributed by atoms with Crippen LogP contribution in [-0.2, 0) is 5.60 Å². The van der Waals surface area contributed by atoms with E-state index in [1.807, 2.05) is 41.0 Å². The van der Waals surface area contributed by atoms with Gasteiger partial charge >= 0.3 is 0 Å². The van der Waals surface area contributed by atoms with Gasteiger partial charge in [-0.05, 0) is 55.8 Å². The fourth-order valence-electron chi connectivity index (χ4n) is 3.12. The van der Waals surface area contributed by atoms with Gasteiger partial charge in [0.2, 0.25) is 0 Å². The average Bonchev–Trinajstić information content (AvgIpc) is 3.10. The molecule has 0 spiro atoms. The Balaban J connectivity index is 1.79. The van der Waals surface area contributed by atoms with Crippen LogP contribution in [0.4, 0.5) is 4.39 Å². The summed E-state index contributed by atoms with van der Waals surface area (Å²) in [6, 6.07) is 15.7. The first-order valence-corrected chi connectivity index (χ1v) is 8.87. The van der Waals surface area contributed by atoms with E-state index in [9.17, 15) is 9.50 Å². The molecule has 0 fully saturated rings. The molecule has 0 bridgehead atoms. The van der Waals surface area contributed by atoms with Crippen LogP contribution < -0.4 is 4.74 Å². The molecule has 0 saturated carbocycles.